The average molecular weight is 261 g/mol. The monoisotopic (exact) mass is 261 g/mol. The number of ether oxygens (including phenoxy) is 3. The number of fused-ring (bicyclic) bond motifs is 1. The molecule has 4 nitrogen and oxygen atoms in total. The van der Waals surface area contributed by atoms with Crippen molar-refractivity contribution in [3.8, 4) is 11.5 Å². The van der Waals surface area contributed by atoms with Gasteiger partial charge in [-0.3, -0.25) is 4.90 Å². The number of rotatable bonds is 2. The molecule has 4 rings (SSSR count). The Hall–Kier alpha value is -1.26. The highest BCUT2D eigenvalue weighted by Gasteiger charge is 2.45. The molecule has 0 bridgehead atoms. The van der Waals surface area contributed by atoms with Crippen molar-refractivity contribution in [1.29, 1.82) is 0 Å². The minimum Gasteiger partial charge on any atom is -0.454 e. The highest BCUT2D eigenvalue weighted by Crippen LogP contribution is 2.37. The largest absolute Gasteiger partial charge is 0.454 e. The summed E-state index contributed by atoms with van der Waals surface area (Å²) in [6, 6.07) is 6.28. The van der Waals surface area contributed by atoms with Crippen LogP contribution in [-0.4, -0.2) is 37.0 Å². The van der Waals surface area contributed by atoms with Crippen molar-refractivity contribution in [3.05, 3.63) is 23.8 Å². The lowest BCUT2D eigenvalue weighted by Crippen LogP contribution is -2.63. The third kappa shape index (κ3) is 1.90. The van der Waals surface area contributed by atoms with E-state index in [1.807, 2.05) is 6.07 Å². The molecule has 2 saturated heterocycles. The molecule has 3 aliphatic rings. The summed E-state index contributed by atoms with van der Waals surface area (Å²) in [5, 5.41) is 0. The molecule has 0 N–H and O–H groups in total. The second-order valence-electron chi connectivity index (χ2n) is 5.78. The summed E-state index contributed by atoms with van der Waals surface area (Å²) in [6.45, 7) is 4.31. The summed E-state index contributed by atoms with van der Waals surface area (Å²) in [5.41, 5.74) is 1.62. The van der Waals surface area contributed by atoms with E-state index in [1.165, 1.54) is 31.4 Å². The van der Waals surface area contributed by atoms with Gasteiger partial charge in [0.2, 0.25) is 6.79 Å². The fraction of sp³-hybridized carbons (Fsp3) is 0.600. The van der Waals surface area contributed by atoms with Gasteiger partial charge >= 0.3 is 0 Å². The molecule has 0 unspecified atom stereocenters. The maximum atomic E-state index is 5.47. The van der Waals surface area contributed by atoms with Crippen LogP contribution in [0.1, 0.15) is 24.8 Å². The average Bonchev–Trinajstić information content (AvgIpc) is 2.85. The second kappa shape index (κ2) is 4.39. The molecule has 0 aliphatic carbocycles. The van der Waals surface area contributed by atoms with Crippen LogP contribution >= 0.6 is 0 Å². The highest BCUT2D eigenvalue weighted by molar-refractivity contribution is 5.44. The third-order valence-electron chi connectivity index (χ3n) is 4.54. The molecular formula is C15H19NO3. The summed E-state index contributed by atoms with van der Waals surface area (Å²) in [5.74, 6) is 1.75. The Morgan fingerprint density at radius 1 is 1.11 bits per heavy atom. The molecule has 0 aromatic heterocycles. The summed E-state index contributed by atoms with van der Waals surface area (Å²) in [6.07, 6.45) is 3.91. The molecule has 3 aliphatic heterocycles. The fourth-order valence-corrected chi connectivity index (χ4v) is 3.32. The van der Waals surface area contributed by atoms with Gasteiger partial charge in [-0.25, -0.2) is 0 Å². The molecule has 19 heavy (non-hydrogen) atoms. The number of likely N-dealkylation sites (tertiary alicyclic amines) is 1. The van der Waals surface area contributed by atoms with E-state index in [2.05, 4.69) is 17.0 Å². The first-order chi connectivity index (χ1) is 9.36. The van der Waals surface area contributed by atoms with Gasteiger partial charge in [-0.2, -0.15) is 0 Å². The second-order valence-corrected chi connectivity index (χ2v) is 5.78. The Kier molecular flexibility index (Phi) is 2.67. The Balaban J connectivity index is 1.53. The SMILES string of the molecule is c1cc2c(cc1CN1CCCCC13COC3)OCO2. The molecule has 0 atom stereocenters. The van der Waals surface area contributed by atoms with Crippen LogP contribution in [0.15, 0.2) is 18.2 Å². The lowest BCUT2D eigenvalue weighted by molar-refractivity contribution is -0.159. The predicted octanol–water partition coefficient (Wildman–Crippen LogP) is 2.17. The van der Waals surface area contributed by atoms with E-state index in [1.54, 1.807) is 0 Å². The first-order valence-electron chi connectivity index (χ1n) is 7.07. The van der Waals surface area contributed by atoms with E-state index in [0.29, 0.717) is 12.3 Å². The number of piperidine rings is 1. The summed E-state index contributed by atoms with van der Waals surface area (Å²) >= 11 is 0. The fourth-order valence-electron chi connectivity index (χ4n) is 3.32. The lowest BCUT2D eigenvalue weighted by atomic mass is 9.84. The van der Waals surface area contributed by atoms with Crippen molar-refractivity contribution in [1.82, 2.24) is 4.90 Å². The molecule has 1 aromatic rings. The van der Waals surface area contributed by atoms with E-state index >= 15 is 0 Å². The minimum atomic E-state index is 0.314. The van der Waals surface area contributed by atoms with Crippen molar-refractivity contribution in [2.75, 3.05) is 26.6 Å². The van der Waals surface area contributed by atoms with Gasteiger partial charge in [0.25, 0.3) is 0 Å². The van der Waals surface area contributed by atoms with Crippen LogP contribution in [0.4, 0.5) is 0 Å². The smallest absolute Gasteiger partial charge is 0.231 e. The Morgan fingerprint density at radius 2 is 2.00 bits per heavy atom. The summed E-state index contributed by atoms with van der Waals surface area (Å²) in [4.78, 5) is 2.59. The topological polar surface area (TPSA) is 30.9 Å². The van der Waals surface area contributed by atoms with Crippen molar-refractivity contribution in [2.45, 2.75) is 31.3 Å². The molecule has 1 spiro atoms. The van der Waals surface area contributed by atoms with Crippen LogP contribution in [0.5, 0.6) is 11.5 Å². The number of hydrogen-bond donors (Lipinski definition) is 0. The standard InChI is InChI=1S/C15H19NO3/c1-2-6-16(15(5-1)9-17-10-15)8-12-3-4-13-14(7-12)19-11-18-13/h3-4,7H,1-2,5-6,8-11H2. The van der Waals surface area contributed by atoms with E-state index in [0.717, 1.165) is 31.3 Å². The molecule has 102 valence electrons. The van der Waals surface area contributed by atoms with Gasteiger partial charge in [-0.15, -0.1) is 0 Å². The molecule has 4 heteroatoms. The van der Waals surface area contributed by atoms with Crippen LogP contribution in [0.3, 0.4) is 0 Å². The third-order valence-corrected chi connectivity index (χ3v) is 4.54. The zero-order chi connectivity index (χ0) is 12.7. The first-order valence-corrected chi connectivity index (χ1v) is 7.07. The normalized spacial score (nSPS) is 24.4. The van der Waals surface area contributed by atoms with Gasteiger partial charge < -0.3 is 14.2 Å². The van der Waals surface area contributed by atoms with Gasteiger partial charge in [0.1, 0.15) is 0 Å². The number of benzene rings is 1. The maximum absolute atomic E-state index is 5.47. The van der Waals surface area contributed by atoms with Gasteiger partial charge in [0, 0.05) is 6.54 Å². The van der Waals surface area contributed by atoms with E-state index in [4.69, 9.17) is 14.2 Å². The van der Waals surface area contributed by atoms with Gasteiger partial charge in [-0.1, -0.05) is 12.5 Å². The van der Waals surface area contributed by atoms with E-state index in [9.17, 15) is 0 Å². The van der Waals surface area contributed by atoms with Crippen LogP contribution < -0.4 is 9.47 Å². The predicted molar refractivity (Wildman–Crippen MR) is 70.4 cm³/mol. The first kappa shape index (κ1) is 11.6. The van der Waals surface area contributed by atoms with Gasteiger partial charge in [0.05, 0.1) is 18.8 Å². The molecule has 3 heterocycles. The van der Waals surface area contributed by atoms with Gasteiger partial charge in [-0.05, 0) is 37.1 Å². The van der Waals surface area contributed by atoms with E-state index < -0.39 is 0 Å². The minimum absolute atomic E-state index is 0.314. The zero-order valence-corrected chi connectivity index (χ0v) is 11.1. The Morgan fingerprint density at radius 3 is 2.84 bits per heavy atom. The Bertz CT molecular complexity index is 484. The van der Waals surface area contributed by atoms with Crippen molar-refractivity contribution in [2.24, 2.45) is 0 Å². The van der Waals surface area contributed by atoms with Crippen molar-refractivity contribution in [3.63, 3.8) is 0 Å². The van der Waals surface area contributed by atoms with Gasteiger partial charge in [0.15, 0.2) is 11.5 Å². The molecule has 0 saturated carbocycles. The molecule has 0 amide bonds. The molecule has 0 radical (unpaired) electrons. The van der Waals surface area contributed by atoms with Crippen LogP contribution in [0.2, 0.25) is 0 Å². The van der Waals surface area contributed by atoms with Crippen molar-refractivity contribution >= 4 is 0 Å². The lowest BCUT2D eigenvalue weighted by Gasteiger charge is -2.52. The number of hydrogen-bond acceptors (Lipinski definition) is 4. The molecule has 2 fully saturated rings. The van der Waals surface area contributed by atoms with Crippen LogP contribution in [0.25, 0.3) is 0 Å². The summed E-state index contributed by atoms with van der Waals surface area (Å²) in [7, 11) is 0. The Labute approximate surface area is 113 Å². The maximum Gasteiger partial charge on any atom is 0.231 e. The van der Waals surface area contributed by atoms with Crippen LogP contribution in [-0.2, 0) is 11.3 Å². The van der Waals surface area contributed by atoms with E-state index in [-0.39, 0.29) is 0 Å². The highest BCUT2D eigenvalue weighted by atomic mass is 16.7. The van der Waals surface area contributed by atoms with Crippen molar-refractivity contribution < 1.29 is 14.2 Å². The quantitative estimate of drug-likeness (QED) is 0.816. The number of nitrogens with zero attached hydrogens (tertiary/aromatic N) is 1. The van der Waals surface area contributed by atoms with Crippen LogP contribution in [0, 0.1) is 0 Å². The molecule has 1 aromatic carbocycles. The molecular weight excluding hydrogens is 242 g/mol. The summed E-state index contributed by atoms with van der Waals surface area (Å²) < 4.78 is 16.3. The zero-order valence-electron chi connectivity index (χ0n) is 11.1.